The van der Waals surface area contributed by atoms with Crippen molar-refractivity contribution >= 4 is 11.6 Å². The molecule has 2 aromatic carbocycles. The minimum atomic E-state index is -1.07. The minimum absolute atomic E-state index is 0.202. The van der Waals surface area contributed by atoms with Crippen LogP contribution in [0, 0.1) is 11.6 Å². The molecule has 4 aromatic rings. The lowest BCUT2D eigenvalue weighted by Crippen LogP contribution is -2.04. The van der Waals surface area contributed by atoms with Crippen LogP contribution < -0.4 is 0 Å². The predicted octanol–water partition coefficient (Wildman–Crippen LogP) is 5.77. The second-order valence-electron chi connectivity index (χ2n) is 6.74. The van der Waals surface area contributed by atoms with E-state index >= 15 is 0 Å². The molecule has 0 aliphatic rings. The molecule has 1 N–H and O–H groups in total. The van der Waals surface area contributed by atoms with Gasteiger partial charge in [0.1, 0.15) is 17.7 Å². The van der Waals surface area contributed by atoms with Crippen molar-refractivity contribution in [2.75, 3.05) is 0 Å². The number of hydrogen-bond acceptors (Lipinski definition) is 2. The molecule has 0 saturated heterocycles. The molecule has 1 unspecified atom stereocenters. The lowest BCUT2D eigenvalue weighted by molar-refractivity contribution is 0.221. The number of rotatable bonds is 4. The first-order valence-corrected chi connectivity index (χ1v) is 9.32. The van der Waals surface area contributed by atoms with Gasteiger partial charge in [-0.1, -0.05) is 29.8 Å². The summed E-state index contributed by atoms with van der Waals surface area (Å²) in [6.45, 7) is 0. The SMILES string of the molecule is Cn1cc(-c2ccc(F)cc2F)c(C(O)c2cccnc2)c1-c1cccc(Cl)c1. The van der Waals surface area contributed by atoms with Crippen molar-refractivity contribution < 1.29 is 13.9 Å². The summed E-state index contributed by atoms with van der Waals surface area (Å²) < 4.78 is 29.9. The van der Waals surface area contributed by atoms with E-state index in [1.165, 1.54) is 12.1 Å². The van der Waals surface area contributed by atoms with Gasteiger partial charge in [-0.05, 0) is 30.3 Å². The predicted molar refractivity (Wildman–Crippen MR) is 110 cm³/mol. The Bertz CT molecular complexity index is 1170. The Morgan fingerprint density at radius 2 is 1.86 bits per heavy atom. The van der Waals surface area contributed by atoms with Crippen LogP contribution in [0.1, 0.15) is 17.2 Å². The van der Waals surface area contributed by atoms with E-state index in [4.69, 9.17) is 11.6 Å². The van der Waals surface area contributed by atoms with E-state index < -0.39 is 17.7 Å². The summed E-state index contributed by atoms with van der Waals surface area (Å²) in [7, 11) is 1.81. The summed E-state index contributed by atoms with van der Waals surface area (Å²) in [5.41, 5.74) is 3.18. The van der Waals surface area contributed by atoms with Gasteiger partial charge in [0, 0.05) is 64.5 Å². The van der Waals surface area contributed by atoms with E-state index in [0.717, 1.165) is 11.6 Å². The lowest BCUT2D eigenvalue weighted by Gasteiger charge is -2.16. The standard InChI is InChI=1S/C23H17ClF2N2O/c1-28-13-19(18-8-7-17(25)11-20(18)26)21(23(29)15-5-3-9-27-12-15)22(28)14-4-2-6-16(24)10-14/h2-13,23,29H,1H3. The van der Waals surface area contributed by atoms with E-state index in [1.807, 2.05) is 12.1 Å². The first-order valence-electron chi connectivity index (χ1n) is 8.94. The molecule has 4 rings (SSSR count). The van der Waals surface area contributed by atoms with Gasteiger partial charge in [-0.3, -0.25) is 4.98 Å². The van der Waals surface area contributed by atoms with E-state index in [1.54, 1.807) is 54.5 Å². The largest absolute Gasteiger partial charge is 0.383 e. The maximum atomic E-state index is 14.6. The van der Waals surface area contributed by atoms with Gasteiger partial charge >= 0.3 is 0 Å². The quantitative estimate of drug-likeness (QED) is 0.464. The van der Waals surface area contributed by atoms with Crippen LogP contribution in [-0.4, -0.2) is 14.7 Å². The van der Waals surface area contributed by atoms with Crippen LogP contribution in [0.15, 0.2) is 73.2 Å². The van der Waals surface area contributed by atoms with Crippen LogP contribution in [-0.2, 0) is 7.05 Å². The number of aliphatic hydroxyl groups is 1. The molecule has 0 radical (unpaired) electrons. The molecule has 0 amide bonds. The zero-order valence-corrected chi connectivity index (χ0v) is 16.2. The normalized spacial score (nSPS) is 12.2. The number of benzene rings is 2. The Labute approximate surface area is 171 Å². The molecule has 6 heteroatoms. The molecule has 1 atom stereocenters. The van der Waals surface area contributed by atoms with E-state index in [2.05, 4.69) is 4.98 Å². The second kappa shape index (κ2) is 7.78. The third kappa shape index (κ3) is 3.67. The molecule has 0 spiro atoms. The Balaban J connectivity index is 2.00. The van der Waals surface area contributed by atoms with Crippen molar-refractivity contribution in [1.82, 2.24) is 9.55 Å². The van der Waals surface area contributed by atoms with Crippen molar-refractivity contribution in [1.29, 1.82) is 0 Å². The molecule has 0 fully saturated rings. The van der Waals surface area contributed by atoms with Gasteiger partial charge in [0.25, 0.3) is 0 Å². The summed E-state index contributed by atoms with van der Waals surface area (Å²) >= 11 is 6.18. The zero-order valence-electron chi connectivity index (χ0n) is 15.5. The maximum absolute atomic E-state index is 14.6. The van der Waals surface area contributed by atoms with Gasteiger partial charge in [0.15, 0.2) is 0 Å². The Morgan fingerprint density at radius 3 is 2.55 bits per heavy atom. The van der Waals surface area contributed by atoms with Crippen LogP contribution in [0.25, 0.3) is 22.4 Å². The highest BCUT2D eigenvalue weighted by Gasteiger charge is 2.26. The maximum Gasteiger partial charge on any atom is 0.134 e. The van der Waals surface area contributed by atoms with Gasteiger partial charge in [-0.25, -0.2) is 8.78 Å². The smallest absolute Gasteiger partial charge is 0.134 e. The minimum Gasteiger partial charge on any atom is -0.383 e. The number of halogens is 3. The van der Waals surface area contributed by atoms with Crippen LogP contribution in [0.4, 0.5) is 8.78 Å². The third-order valence-corrected chi connectivity index (χ3v) is 5.05. The average Bonchev–Trinajstić information content (AvgIpc) is 3.05. The zero-order chi connectivity index (χ0) is 20.5. The van der Waals surface area contributed by atoms with E-state index in [-0.39, 0.29) is 5.56 Å². The second-order valence-corrected chi connectivity index (χ2v) is 7.18. The number of aliphatic hydroxyl groups excluding tert-OH is 1. The third-order valence-electron chi connectivity index (χ3n) is 4.81. The molecule has 3 nitrogen and oxygen atoms in total. The van der Waals surface area contributed by atoms with E-state index in [0.29, 0.717) is 27.4 Å². The Morgan fingerprint density at radius 1 is 1.03 bits per heavy atom. The molecule has 0 saturated carbocycles. The van der Waals surface area contributed by atoms with Gasteiger partial charge in [0.05, 0.1) is 5.69 Å². The summed E-state index contributed by atoms with van der Waals surface area (Å²) in [5, 5.41) is 11.8. The van der Waals surface area contributed by atoms with Crippen LogP contribution in [0.2, 0.25) is 5.02 Å². The fourth-order valence-electron chi connectivity index (χ4n) is 3.54. The fourth-order valence-corrected chi connectivity index (χ4v) is 3.73. The molecule has 2 heterocycles. The molecule has 2 aromatic heterocycles. The van der Waals surface area contributed by atoms with Gasteiger partial charge < -0.3 is 9.67 Å². The number of aryl methyl sites for hydroxylation is 1. The first-order chi connectivity index (χ1) is 14.0. The fraction of sp³-hybridized carbons (Fsp3) is 0.0870. The van der Waals surface area contributed by atoms with Crippen molar-refractivity contribution in [3.8, 4) is 22.4 Å². The van der Waals surface area contributed by atoms with E-state index in [9.17, 15) is 13.9 Å². The van der Waals surface area contributed by atoms with Gasteiger partial charge in [-0.15, -0.1) is 0 Å². The van der Waals surface area contributed by atoms with Crippen molar-refractivity contribution in [2.24, 2.45) is 7.05 Å². The number of aromatic nitrogens is 2. The monoisotopic (exact) mass is 410 g/mol. The molecule has 0 bridgehead atoms. The summed E-state index contributed by atoms with van der Waals surface area (Å²) in [5.74, 6) is -1.36. The number of nitrogens with zero attached hydrogens (tertiary/aromatic N) is 2. The average molecular weight is 411 g/mol. The highest BCUT2D eigenvalue weighted by atomic mass is 35.5. The first kappa shape index (κ1) is 19.3. The molecule has 0 aliphatic carbocycles. The number of pyridine rings is 1. The van der Waals surface area contributed by atoms with Gasteiger partial charge in [-0.2, -0.15) is 0 Å². The summed E-state index contributed by atoms with van der Waals surface area (Å²) in [6.07, 6.45) is 3.82. The number of hydrogen-bond donors (Lipinski definition) is 1. The lowest BCUT2D eigenvalue weighted by atomic mass is 9.93. The molecular formula is C23H17ClF2N2O. The molecule has 0 aliphatic heterocycles. The van der Waals surface area contributed by atoms with Gasteiger partial charge in [0.2, 0.25) is 0 Å². The summed E-state index contributed by atoms with van der Waals surface area (Å²) in [4.78, 5) is 4.07. The van der Waals surface area contributed by atoms with Crippen LogP contribution in [0.5, 0.6) is 0 Å². The Kier molecular flexibility index (Phi) is 5.18. The van der Waals surface area contributed by atoms with Crippen LogP contribution in [0.3, 0.4) is 0 Å². The van der Waals surface area contributed by atoms with Crippen LogP contribution >= 0.6 is 11.6 Å². The summed E-state index contributed by atoms with van der Waals surface area (Å²) in [6, 6.07) is 14.1. The molecule has 29 heavy (non-hydrogen) atoms. The molecule has 146 valence electrons. The van der Waals surface area contributed by atoms with Crippen molar-refractivity contribution in [3.63, 3.8) is 0 Å². The van der Waals surface area contributed by atoms with Crippen molar-refractivity contribution in [3.05, 3.63) is 101 Å². The van der Waals surface area contributed by atoms with Crippen molar-refractivity contribution in [2.45, 2.75) is 6.10 Å². The Hall–Kier alpha value is -3.02. The topological polar surface area (TPSA) is 38.0 Å². The molecular weight excluding hydrogens is 394 g/mol. The highest BCUT2D eigenvalue weighted by molar-refractivity contribution is 6.30. The highest BCUT2D eigenvalue weighted by Crippen LogP contribution is 2.41.